The van der Waals surface area contributed by atoms with E-state index in [1.54, 1.807) is 6.07 Å². The summed E-state index contributed by atoms with van der Waals surface area (Å²) in [6, 6.07) is 5.49. The van der Waals surface area contributed by atoms with E-state index in [1.807, 2.05) is 18.3 Å². The number of allylic oxidation sites excluding steroid dienone is 1. The van der Waals surface area contributed by atoms with E-state index >= 15 is 0 Å². The van der Waals surface area contributed by atoms with Gasteiger partial charge in [0.05, 0.1) is 0 Å². The lowest BCUT2D eigenvalue weighted by atomic mass is 10.1. The standard InChI is InChI=1S/C9H9Cl2N3S/c10-7-2-1-6(9(11)4-7)3-8-5-13-14(12)15-8/h1-2,4-5,13H,3,12H2. The second kappa shape index (κ2) is 4.63. The summed E-state index contributed by atoms with van der Waals surface area (Å²) in [4.78, 5) is 1.11. The Morgan fingerprint density at radius 2 is 2.20 bits per heavy atom. The topological polar surface area (TPSA) is 41.3 Å². The van der Waals surface area contributed by atoms with Crippen LogP contribution in [0.5, 0.6) is 0 Å². The average Bonchev–Trinajstić information content (AvgIpc) is 2.56. The maximum absolute atomic E-state index is 6.06. The first-order valence-electron chi connectivity index (χ1n) is 4.27. The first kappa shape index (κ1) is 11.1. The Balaban J connectivity index is 2.11. The molecule has 2 rings (SSSR count). The number of benzene rings is 1. The van der Waals surface area contributed by atoms with Crippen LogP contribution in [0.3, 0.4) is 0 Å². The second-order valence-corrected chi connectivity index (χ2v) is 5.01. The molecule has 1 aromatic carbocycles. The third kappa shape index (κ3) is 2.80. The van der Waals surface area contributed by atoms with Crippen LogP contribution in [0.1, 0.15) is 5.56 Å². The molecule has 1 aliphatic rings. The van der Waals surface area contributed by atoms with Crippen LogP contribution in [0.25, 0.3) is 0 Å². The number of hydrogen-bond donors (Lipinski definition) is 2. The first-order chi connectivity index (χ1) is 7.15. The summed E-state index contributed by atoms with van der Waals surface area (Å²) in [5, 5.41) is 1.33. The number of halogens is 2. The van der Waals surface area contributed by atoms with Crippen molar-refractivity contribution in [2.75, 3.05) is 0 Å². The fourth-order valence-electron chi connectivity index (χ4n) is 1.25. The average molecular weight is 262 g/mol. The zero-order valence-corrected chi connectivity index (χ0v) is 10.0. The van der Waals surface area contributed by atoms with Crippen molar-refractivity contribution in [2.45, 2.75) is 6.42 Å². The second-order valence-electron chi connectivity index (χ2n) is 3.07. The molecule has 0 radical (unpaired) electrons. The predicted octanol–water partition coefficient (Wildman–Crippen LogP) is 2.72. The van der Waals surface area contributed by atoms with E-state index in [9.17, 15) is 0 Å². The molecule has 0 bridgehead atoms. The molecule has 1 aliphatic heterocycles. The number of rotatable bonds is 2. The third-order valence-corrected chi connectivity index (χ3v) is 3.33. The number of hydrogen-bond acceptors (Lipinski definition) is 4. The van der Waals surface area contributed by atoms with Crippen LogP contribution in [0.4, 0.5) is 0 Å². The minimum atomic E-state index is 0.649. The van der Waals surface area contributed by atoms with Crippen molar-refractivity contribution in [1.29, 1.82) is 0 Å². The molecule has 1 aromatic rings. The molecule has 0 amide bonds. The summed E-state index contributed by atoms with van der Waals surface area (Å²) in [6.45, 7) is 0. The molecular weight excluding hydrogens is 253 g/mol. The third-order valence-electron chi connectivity index (χ3n) is 1.95. The highest BCUT2D eigenvalue weighted by molar-refractivity contribution is 8.00. The molecule has 15 heavy (non-hydrogen) atoms. The van der Waals surface area contributed by atoms with Gasteiger partial charge in [0, 0.05) is 27.6 Å². The molecule has 0 spiro atoms. The fraction of sp³-hybridized carbons (Fsp3) is 0.111. The van der Waals surface area contributed by atoms with Crippen LogP contribution >= 0.6 is 35.1 Å². The molecular formula is C9H9Cl2N3S. The van der Waals surface area contributed by atoms with E-state index in [1.165, 1.54) is 16.5 Å². The summed E-state index contributed by atoms with van der Waals surface area (Å²) in [5.74, 6) is 5.52. The molecule has 0 aromatic heterocycles. The van der Waals surface area contributed by atoms with E-state index in [2.05, 4.69) is 5.43 Å². The SMILES string of the molecule is NN1NC=C(Cc2ccc(Cl)cc2Cl)S1. The summed E-state index contributed by atoms with van der Waals surface area (Å²) in [6.07, 6.45) is 2.61. The molecule has 80 valence electrons. The largest absolute Gasteiger partial charge is 0.302 e. The van der Waals surface area contributed by atoms with Gasteiger partial charge < -0.3 is 5.43 Å². The Bertz CT molecular complexity index is 408. The van der Waals surface area contributed by atoms with Crippen LogP contribution in [0.2, 0.25) is 10.0 Å². The molecule has 1 heterocycles. The van der Waals surface area contributed by atoms with E-state index in [-0.39, 0.29) is 0 Å². The van der Waals surface area contributed by atoms with Crippen molar-refractivity contribution in [3.05, 3.63) is 44.9 Å². The quantitative estimate of drug-likeness (QED) is 0.635. The Morgan fingerprint density at radius 3 is 2.80 bits per heavy atom. The van der Waals surface area contributed by atoms with E-state index in [0.717, 1.165) is 16.9 Å². The van der Waals surface area contributed by atoms with E-state index in [0.29, 0.717) is 10.0 Å². The molecule has 6 heteroatoms. The van der Waals surface area contributed by atoms with Gasteiger partial charge in [0.1, 0.15) is 0 Å². The molecule has 0 saturated carbocycles. The molecule has 0 unspecified atom stereocenters. The number of hydrazine groups is 2. The van der Waals surface area contributed by atoms with Crippen LogP contribution in [0.15, 0.2) is 29.3 Å². The van der Waals surface area contributed by atoms with E-state index < -0.39 is 0 Å². The highest BCUT2D eigenvalue weighted by Gasteiger charge is 2.13. The molecule has 3 N–H and O–H groups in total. The highest BCUT2D eigenvalue weighted by atomic mass is 35.5. The highest BCUT2D eigenvalue weighted by Crippen LogP contribution is 2.29. The van der Waals surface area contributed by atoms with Crippen LogP contribution < -0.4 is 11.3 Å². The van der Waals surface area contributed by atoms with Crippen LogP contribution in [-0.2, 0) is 6.42 Å². The monoisotopic (exact) mass is 261 g/mol. The Morgan fingerprint density at radius 1 is 1.40 bits per heavy atom. The summed E-state index contributed by atoms with van der Waals surface area (Å²) in [7, 11) is 0. The van der Waals surface area contributed by atoms with Crippen molar-refractivity contribution in [1.82, 2.24) is 9.95 Å². The van der Waals surface area contributed by atoms with Gasteiger partial charge in [0.15, 0.2) is 0 Å². The number of nitrogens with two attached hydrogens (primary N) is 1. The van der Waals surface area contributed by atoms with E-state index in [4.69, 9.17) is 29.0 Å². The van der Waals surface area contributed by atoms with Crippen molar-refractivity contribution in [3.63, 3.8) is 0 Å². The van der Waals surface area contributed by atoms with Gasteiger partial charge >= 0.3 is 0 Å². The minimum Gasteiger partial charge on any atom is -0.302 e. The summed E-state index contributed by atoms with van der Waals surface area (Å²) in [5.41, 5.74) is 3.90. The lowest BCUT2D eigenvalue weighted by Gasteiger charge is -2.07. The summed E-state index contributed by atoms with van der Waals surface area (Å²) >= 11 is 13.3. The van der Waals surface area contributed by atoms with Crippen LogP contribution in [0, 0.1) is 0 Å². The van der Waals surface area contributed by atoms with Gasteiger partial charge in [-0.05, 0) is 29.6 Å². The molecule has 0 saturated heterocycles. The Kier molecular flexibility index (Phi) is 3.43. The number of nitrogens with zero attached hydrogens (tertiary/aromatic N) is 1. The Labute approximate surface area is 102 Å². The minimum absolute atomic E-state index is 0.649. The molecule has 0 aliphatic carbocycles. The van der Waals surface area contributed by atoms with Crippen molar-refractivity contribution < 1.29 is 0 Å². The molecule has 0 atom stereocenters. The van der Waals surface area contributed by atoms with Gasteiger partial charge in [-0.1, -0.05) is 33.8 Å². The zero-order chi connectivity index (χ0) is 10.8. The van der Waals surface area contributed by atoms with Gasteiger partial charge in [-0.25, -0.2) is 5.84 Å². The lowest BCUT2D eigenvalue weighted by molar-refractivity contribution is 0.440. The van der Waals surface area contributed by atoms with Crippen molar-refractivity contribution >= 4 is 35.1 Å². The van der Waals surface area contributed by atoms with Gasteiger partial charge in [0.25, 0.3) is 0 Å². The van der Waals surface area contributed by atoms with Gasteiger partial charge in [0.2, 0.25) is 0 Å². The number of nitrogens with one attached hydrogen (secondary N) is 1. The zero-order valence-electron chi connectivity index (χ0n) is 7.71. The van der Waals surface area contributed by atoms with Crippen molar-refractivity contribution in [3.8, 4) is 0 Å². The smallest absolute Gasteiger partial charge is 0.0456 e. The maximum Gasteiger partial charge on any atom is 0.0456 e. The maximum atomic E-state index is 6.06. The van der Waals surface area contributed by atoms with Gasteiger partial charge in [-0.2, -0.15) is 0 Å². The summed E-state index contributed by atoms with van der Waals surface area (Å²) < 4.78 is 1.44. The molecule has 3 nitrogen and oxygen atoms in total. The Hall–Kier alpha value is -0.390. The predicted molar refractivity (Wildman–Crippen MR) is 65.0 cm³/mol. The normalized spacial score (nSPS) is 16.3. The van der Waals surface area contributed by atoms with Crippen LogP contribution in [-0.4, -0.2) is 4.52 Å². The lowest BCUT2D eigenvalue weighted by Crippen LogP contribution is -2.30. The van der Waals surface area contributed by atoms with Gasteiger partial charge in [-0.15, -0.1) is 0 Å². The fourth-order valence-corrected chi connectivity index (χ4v) is 2.41. The van der Waals surface area contributed by atoms with Crippen molar-refractivity contribution in [2.24, 2.45) is 5.84 Å². The first-order valence-corrected chi connectivity index (χ1v) is 5.80. The van der Waals surface area contributed by atoms with Gasteiger partial charge in [-0.3, -0.25) is 0 Å². The molecule has 0 fully saturated rings.